The van der Waals surface area contributed by atoms with Crippen LogP contribution in [0.2, 0.25) is 0 Å². The molecule has 0 atom stereocenters. The third-order valence-electron chi connectivity index (χ3n) is 10.6. The van der Waals surface area contributed by atoms with Crippen LogP contribution in [0.5, 0.6) is 0 Å². The van der Waals surface area contributed by atoms with Gasteiger partial charge in [0.05, 0.1) is 16.6 Å². The molecule has 0 N–H and O–H groups in total. The van der Waals surface area contributed by atoms with E-state index in [2.05, 4.69) is 174 Å². The normalized spacial score (nSPS) is 12.1. The molecule has 0 unspecified atom stereocenters. The Labute approximate surface area is 282 Å². The smallest absolute Gasteiger partial charge is 0.138 e. The molecule has 2 heteroatoms. The van der Waals surface area contributed by atoms with Crippen molar-refractivity contribution in [2.75, 3.05) is 0 Å². The van der Waals surface area contributed by atoms with Gasteiger partial charge in [0.15, 0.2) is 0 Å². The lowest BCUT2D eigenvalue weighted by molar-refractivity contribution is 1.10. The van der Waals surface area contributed by atoms with Gasteiger partial charge in [-0.3, -0.25) is 4.57 Å². The molecule has 0 saturated heterocycles. The predicted molar refractivity (Wildman–Crippen MR) is 209 cm³/mol. The zero-order valence-electron chi connectivity index (χ0n) is 26.6. The largest absolute Gasteiger partial charge is 0.294 e. The highest BCUT2D eigenvalue weighted by molar-refractivity contribution is 6.31. The summed E-state index contributed by atoms with van der Waals surface area (Å²) in [4.78, 5) is 5.68. The van der Waals surface area contributed by atoms with Crippen LogP contribution >= 0.6 is 0 Å². The predicted octanol–water partition coefficient (Wildman–Crippen LogP) is 12.8. The number of benzene rings is 7. The molecule has 2 aromatic heterocycles. The number of para-hydroxylation sites is 2. The molecule has 49 heavy (non-hydrogen) atoms. The highest BCUT2D eigenvalue weighted by Crippen LogP contribution is 2.47. The van der Waals surface area contributed by atoms with Crippen LogP contribution in [0.4, 0.5) is 0 Å². The summed E-state index contributed by atoms with van der Waals surface area (Å²) in [7, 11) is 0. The van der Waals surface area contributed by atoms with Crippen molar-refractivity contribution in [3.8, 4) is 16.9 Å². The molecule has 11 rings (SSSR count). The van der Waals surface area contributed by atoms with Crippen LogP contribution in [0.25, 0.3) is 104 Å². The van der Waals surface area contributed by atoms with Gasteiger partial charge in [0.25, 0.3) is 0 Å². The van der Waals surface area contributed by atoms with Crippen LogP contribution in [0.15, 0.2) is 170 Å². The van der Waals surface area contributed by atoms with Gasteiger partial charge < -0.3 is 0 Å². The van der Waals surface area contributed by atoms with E-state index in [-0.39, 0.29) is 0 Å². The van der Waals surface area contributed by atoms with Crippen molar-refractivity contribution < 1.29 is 0 Å². The van der Waals surface area contributed by atoms with E-state index in [0.29, 0.717) is 0 Å². The van der Waals surface area contributed by atoms with E-state index in [1.54, 1.807) is 0 Å². The summed E-state index contributed by atoms with van der Waals surface area (Å²) < 4.78 is 2.33. The van der Waals surface area contributed by atoms with Gasteiger partial charge in [-0.1, -0.05) is 146 Å². The first kappa shape index (κ1) is 26.5. The second kappa shape index (κ2) is 10.00. The Balaban J connectivity index is 1.45. The summed E-state index contributed by atoms with van der Waals surface area (Å²) in [5, 5.41) is 15.9. The number of rotatable bonds is 1. The lowest BCUT2D eigenvalue weighted by Gasteiger charge is -2.19. The van der Waals surface area contributed by atoms with Crippen molar-refractivity contribution in [3.63, 3.8) is 0 Å². The van der Waals surface area contributed by atoms with Crippen LogP contribution in [0.1, 0.15) is 0 Å². The quantitative estimate of drug-likeness (QED) is 0.179. The van der Waals surface area contributed by atoms with Gasteiger partial charge in [0.2, 0.25) is 0 Å². The summed E-state index contributed by atoms with van der Waals surface area (Å²) in [5.41, 5.74) is 5.80. The van der Waals surface area contributed by atoms with Crippen molar-refractivity contribution in [1.82, 2.24) is 9.55 Å². The Morgan fingerprint density at radius 3 is 1.10 bits per heavy atom. The summed E-state index contributed by atoms with van der Waals surface area (Å²) in [5.74, 6) is 0.914. The molecule has 0 fully saturated rings. The highest BCUT2D eigenvalue weighted by Gasteiger charge is 2.20. The minimum atomic E-state index is 0.914. The first-order valence-corrected chi connectivity index (χ1v) is 16.9. The van der Waals surface area contributed by atoms with E-state index in [1.165, 1.54) is 70.4 Å². The molecule has 0 radical (unpaired) electrons. The third-order valence-corrected chi connectivity index (χ3v) is 10.6. The van der Waals surface area contributed by atoms with Crippen molar-refractivity contribution in [3.05, 3.63) is 170 Å². The Morgan fingerprint density at radius 1 is 0.265 bits per heavy atom. The molecule has 0 bridgehead atoms. The number of fused-ring (bicyclic) bond motifs is 13. The second-order valence-corrected chi connectivity index (χ2v) is 13.0. The summed E-state index contributed by atoms with van der Waals surface area (Å²) in [6.07, 6.45) is 0. The van der Waals surface area contributed by atoms with E-state index < -0.39 is 0 Å². The molecular formula is C47H28N2. The lowest BCUT2D eigenvalue weighted by atomic mass is 9.84. The van der Waals surface area contributed by atoms with E-state index >= 15 is 0 Å². The molecule has 2 heterocycles. The van der Waals surface area contributed by atoms with Crippen LogP contribution in [0.3, 0.4) is 0 Å². The molecule has 2 aliphatic rings. The highest BCUT2D eigenvalue weighted by atomic mass is 15.1. The van der Waals surface area contributed by atoms with E-state index in [9.17, 15) is 0 Å². The topological polar surface area (TPSA) is 17.8 Å². The molecule has 0 aliphatic heterocycles. The van der Waals surface area contributed by atoms with Crippen LogP contribution in [0, 0.1) is 0 Å². The van der Waals surface area contributed by atoms with Gasteiger partial charge in [-0.2, -0.15) is 0 Å². The summed E-state index contributed by atoms with van der Waals surface area (Å²) in [6, 6.07) is 62.1. The number of aromatic nitrogens is 2. The molecule has 9 aromatic rings. The number of hydrogen-bond acceptors (Lipinski definition) is 1. The summed E-state index contributed by atoms with van der Waals surface area (Å²) in [6.45, 7) is 0. The van der Waals surface area contributed by atoms with Gasteiger partial charge in [0.1, 0.15) is 5.82 Å². The minimum absolute atomic E-state index is 0.914. The number of nitrogens with zero attached hydrogens (tertiary/aromatic N) is 2. The van der Waals surface area contributed by atoms with Gasteiger partial charge in [-0.15, -0.1) is 0 Å². The molecule has 2 nitrogen and oxygen atoms in total. The van der Waals surface area contributed by atoms with Gasteiger partial charge in [-0.25, -0.2) is 4.98 Å². The van der Waals surface area contributed by atoms with Crippen LogP contribution < -0.4 is 0 Å². The standard InChI is InChI=1S/C47H28N2/c1-3-15-31-29(13-1)30-14-2-4-16-32(30)39-23-12-24-41-46(39)45-37(31)21-11-22-38(45)33-17-5-6-18-34(33)40-27-28-44(48-47(40)41)49-42-25-9-7-19-35(42)36-20-8-10-26-43(36)49/h1-28H. The van der Waals surface area contributed by atoms with E-state index in [0.717, 1.165) is 33.1 Å². The van der Waals surface area contributed by atoms with Gasteiger partial charge >= 0.3 is 0 Å². The zero-order valence-corrected chi connectivity index (χ0v) is 26.6. The van der Waals surface area contributed by atoms with Crippen molar-refractivity contribution in [2.45, 2.75) is 0 Å². The maximum Gasteiger partial charge on any atom is 0.138 e. The van der Waals surface area contributed by atoms with E-state index in [4.69, 9.17) is 4.98 Å². The van der Waals surface area contributed by atoms with Gasteiger partial charge in [0, 0.05) is 27.1 Å². The first-order chi connectivity index (χ1) is 24.3. The molecule has 0 spiro atoms. The average Bonchev–Trinajstić information content (AvgIpc) is 3.50. The first-order valence-electron chi connectivity index (χ1n) is 16.9. The average molecular weight is 621 g/mol. The monoisotopic (exact) mass is 620 g/mol. The fraction of sp³-hybridized carbons (Fsp3) is 0. The fourth-order valence-electron chi connectivity index (χ4n) is 8.54. The SMILES string of the molecule is c1cc2c3c(c1)c1ccccc1c1ccc(-n4c5ccccc5c5ccccc54)nc1c1cccc(c1-3)c1ccccc1c1ccccc21. The maximum absolute atomic E-state index is 5.68. The fourth-order valence-corrected chi connectivity index (χ4v) is 8.54. The third kappa shape index (κ3) is 3.63. The minimum Gasteiger partial charge on any atom is -0.294 e. The van der Waals surface area contributed by atoms with Crippen molar-refractivity contribution in [1.29, 1.82) is 0 Å². The molecule has 0 saturated carbocycles. The lowest BCUT2D eigenvalue weighted by Crippen LogP contribution is -1.98. The Hall–Kier alpha value is -6.51. The molecule has 226 valence electrons. The van der Waals surface area contributed by atoms with Gasteiger partial charge in [-0.05, 0) is 78.3 Å². The molecular weight excluding hydrogens is 593 g/mol. The van der Waals surface area contributed by atoms with Crippen LogP contribution in [-0.2, 0) is 0 Å². The molecule has 2 aliphatic carbocycles. The number of hydrogen-bond donors (Lipinski definition) is 0. The van der Waals surface area contributed by atoms with E-state index in [1.807, 2.05) is 0 Å². The Bertz CT molecular complexity index is 3110. The Morgan fingerprint density at radius 2 is 0.612 bits per heavy atom. The molecule has 7 aromatic carbocycles. The van der Waals surface area contributed by atoms with Crippen molar-refractivity contribution >= 4 is 86.6 Å². The zero-order chi connectivity index (χ0) is 32.1. The number of pyridine rings is 1. The molecule has 0 amide bonds. The summed E-state index contributed by atoms with van der Waals surface area (Å²) >= 11 is 0. The maximum atomic E-state index is 5.68. The van der Waals surface area contributed by atoms with Crippen LogP contribution in [-0.4, -0.2) is 9.55 Å². The second-order valence-electron chi connectivity index (χ2n) is 13.0. The van der Waals surface area contributed by atoms with Crippen molar-refractivity contribution in [2.24, 2.45) is 0 Å². The Kier molecular flexibility index (Phi) is 5.42.